The maximum atomic E-state index is 12.6. The first-order chi connectivity index (χ1) is 11.1. The lowest BCUT2D eigenvalue weighted by Crippen LogP contribution is -2.57. The second-order valence-electron chi connectivity index (χ2n) is 5.80. The van der Waals surface area contributed by atoms with Crippen LogP contribution in [-0.2, 0) is 4.79 Å². The summed E-state index contributed by atoms with van der Waals surface area (Å²) >= 11 is 0. The lowest BCUT2D eigenvalue weighted by Gasteiger charge is -2.40. The van der Waals surface area contributed by atoms with Gasteiger partial charge in [-0.05, 0) is 6.07 Å². The van der Waals surface area contributed by atoms with E-state index in [1.807, 2.05) is 9.80 Å². The quantitative estimate of drug-likeness (QED) is 0.722. The van der Waals surface area contributed by atoms with Crippen molar-refractivity contribution in [2.24, 2.45) is 0 Å². The number of rotatable bonds is 1. The van der Waals surface area contributed by atoms with E-state index in [0.29, 0.717) is 39.3 Å². The van der Waals surface area contributed by atoms with Crippen molar-refractivity contribution in [3.05, 3.63) is 18.5 Å². The Hall–Kier alpha value is -2.38. The van der Waals surface area contributed by atoms with Crippen molar-refractivity contribution in [1.82, 2.24) is 24.7 Å². The average molecular weight is 318 g/mol. The summed E-state index contributed by atoms with van der Waals surface area (Å²) in [4.78, 5) is 40.0. The minimum atomic E-state index is 0.0711. The Morgan fingerprint density at radius 1 is 0.826 bits per heavy atom. The summed E-state index contributed by atoms with van der Waals surface area (Å²) in [5.74, 6) is 0.795. The van der Waals surface area contributed by atoms with Crippen LogP contribution in [0.5, 0.6) is 0 Å². The normalized spacial score (nSPS) is 19.0. The zero-order valence-corrected chi connectivity index (χ0v) is 13.4. The van der Waals surface area contributed by atoms with Crippen molar-refractivity contribution in [3.8, 4) is 0 Å². The molecule has 0 bridgehead atoms. The minimum Gasteiger partial charge on any atom is -0.339 e. The molecule has 1 aromatic rings. The first-order valence-electron chi connectivity index (χ1n) is 7.96. The first-order valence-corrected chi connectivity index (χ1v) is 7.96. The van der Waals surface area contributed by atoms with Gasteiger partial charge < -0.3 is 19.6 Å². The smallest absolute Gasteiger partial charge is 0.320 e. The number of carbonyl (C=O) groups excluding carboxylic acids is 2. The van der Waals surface area contributed by atoms with E-state index in [1.165, 1.54) is 0 Å². The molecule has 8 heteroatoms. The van der Waals surface area contributed by atoms with Gasteiger partial charge in [0.1, 0.15) is 0 Å². The summed E-state index contributed by atoms with van der Waals surface area (Å²) in [6.45, 7) is 6.86. The zero-order chi connectivity index (χ0) is 16.2. The number of anilines is 1. The van der Waals surface area contributed by atoms with E-state index < -0.39 is 0 Å². The van der Waals surface area contributed by atoms with E-state index in [9.17, 15) is 9.59 Å². The van der Waals surface area contributed by atoms with Crippen LogP contribution in [0.1, 0.15) is 6.92 Å². The molecule has 0 saturated carbocycles. The monoisotopic (exact) mass is 318 g/mol. The molecule has 23 heavy (non-hydrogen) atoms. The number of nitrogens with zero attached hydrogens (tertiary/aromatic N) is 6. The molecular formula is C15H22N6O2. The molecule has 2 aliphatic heterocycles. The molecule has 3 heterocycles. The second-order valence-corrected chi connectivity index (χ2v) is 5.80. The second kappa shape index (κ2) is 6.80. The van der Waals surface area contributed by atoms with Crippen LogP contribution in [0.4, 0.5) is 10.7 Å². The van der Waals surface area contributed by atoms with Crippen molar-refractivity contribution < 1.29 is 9.59 Å². The molecule has 0 spiro atoms. The van der Waals surface area contributed by atoms with E-state index in [2.05, 4.69) is 14.9 Å². The fourth-order valence-corrected chi connectivity index (χ4v) is 2.96. The molecule has 3 rings (SSSR count). The highest BCUT2D eigenvalue weighted by molar-refractivity contribution is 5.76. The van der Waals surface area contributed by atoms with Crippen LogP contribution in [0.15, 0.2) is 18.5 Å². The largest absolute Gasteiger partial charge is 0.339 e. The van der Waals surface area contributed by atoms with Crippen molar-refractivity contribution in [1.29, 1.82) is 0 Å². The lowest BCUT2D eigenvalue weighted by molar-refractivity contribution is -0.130. The topological polar surface area (TPSA) is 72.9 Å². The van der Waals surface area contributed by atoms with Crippen LogP contribution in [-0.4, -0.2) is 89.0 Å². The van der Waals surface area contributed by atoms with Gasteiger partial charge in [0.25, 0.3) is 0 Å². The Morgan fingerprint density at radius 3 is 1.83 bits per heavy atom. The van der Waals surface area contributed by atoms with Crippen LogP contribution in [0.3, 0.4) is 0 Å². The first kappa shape index (κ1) is 15.5. The Labute approximate surface area is 135 Å². The predicted molar refractivity (Wildman–Crippen MR) is 85.0 cm³/mol. The van der Waals surface area contributed by atoms with Gasteiger partial charge in [-0.25, -0.2) is 14.8 Å². The molecule has 8 nitrogen and oxygen atoms in total. The molecule has 0 unspecified atom stereocenters. The summed E-state index contributed by atoms with van der Waals surface area (Å²) in [7, 11) is 0. The highest BCUT2D eigenvalue weighted by Gasteiger charge is 2.28. The molecule has 0 radical (unpaired) electrons. The molecule has 3 amide bonds. The molecule has 2 fully saturated rings. The molecule has 0 aliphatic carbocycles. The van der Waals surface area contributed by atoms with Gasteiger partial charge in [-0.15, -0.1) is 0 Å². The Balaban J connectivity index is 1.50. The van der Waals surface area contributed by atoms with Crippen LogP contribution in [0.25, 0.3) is 0 Å². The van der Waals surface area contributed by atoms with Gasteiger partial charge in [-0.2, -0.15) is 0 Å². The molecule has 2 aliphatic rings. The van der Waals surface area contributed by atoms with Crippen molar-refractivity contribution in [3.63, 3.8) is 0 Å². The number of amides is 3. The molecular weight excluding hydrogens is 296 g/mol. The number of piperazine rings is 2. The maximum Gasteiger partial charge on any atom is 0.320 e. The average Bonchev–Trinajstić information content (AvgIpc) is 2.62. The van der Waals surface area contributed by atoms with E-state index in [4.69, 9.17) is 0 Å². The van der Waals surface area contributed by atoms with Gasteiger partial charge in [0.2, 0.25) is 11.9 Å². The summed E-state index contributed by atoms with van der Waals surface area (Å²) in [5.41, 5.74) is 0. The van der Waals surface area contributed by atoms with Gasteiger partial charge in [0.15, 0.2) is 0 Å². The Kier molecular flexibility index (Phi) is 4.59. The molecule has 0 aromatic carbocycles. The molecule has 0 N–H and O–H groups in total. The van der Waals surface area contributed by atoms with E-state index >= 15 is 0 Å². The van der Waals surface area contributed by atoms with Crippen LogP contribution < -0.4 is 4.90 Å². The van der Waals surface area contributed by atoms with Gasteiger partial charge in [0, 0.05) is 71.7 Å². The number of hydrogen-bond acceptors (Lipinski definition) is 5. The standard InChI is InChI=1S/C15H22N6O2/c1-13(22)18-5-9-20(10-6-18)15(23)21-11-7-19(8-12-21)14-16-3-2-4-17-14/h2-4H,5-12H2,1H3. The van der Waals surface area contributed by atoms with Crippen molar-refractivity contribution in [2.45, 2.75) is 6.92 Å². The third-order valence-corrected chi connectivity index (χ3v) is 4.38. The summed E-state index contributed by atoms with van der Waals surface area (Å²) in [6.07, 6.45) is 3.46. The molecule has 1 aromatic heterocycles. The molecule has 0 atom stereocenters. The number of urea groups is 1. The summed E-state index contributed by atoms with van der Waals surface area (Å²) in [5, 5.41) is 0. The van der Waals surface area contributed by atoms with Crippen molar-refractivity contribution >= 4 is 17.9 Å². The van der Waals surface area contributed by atoms with Gasteiger partial charge in [0.05, 0.1) is 0 Å². The Morgan fingerprint density at radius 2 is 1.30 bits per heavy atom. The maximum absolute atomic E-state index is 12.6. The third kappa shape index (κ3) is 3.52. The summed E-state index contributed by atoms with van der Waals surface area (Å²) < 4.78 is 0. The predicted octanol–water partition coefficient (Wildman–Crippen LogP) is -0.117. The molecule has 124 valence electrons. The van der Waals surface area contributed by atoms with Crippen LogP contribution in [0.2, 0.25) is 0 Å². The van der Waals surface area contributed by atoms with Crippen LogP contribution in [0, 0.1) is 0 Å². The van der Waals surface area contributed by atoms with Crippen molar-refractivity contribution in [2.75, 3.05) is 57.3 Å². The van der Waals surface area contributed by atoms with Gasteiger partial charge in [-0.3, -0.25) is 4.79 Å². The lowest BCUT2D eigenvalue weighted by atomic mass is 10.3. The van der Waals surface area contributed by atoms with E-state index in [-0.39, 0.29) is 11.9 Å². The number of hydrogen-bond donors (Lipinski definition) is 0. The number of carbonyl (C=O) groups is 2. The highest BCUT2D eigenvalue weighted by atomic mass is 16.2. The minimum absolute atomic E-state index is 0.0711. The fourth-order valence-electron chi connectivity index (χ4n) is 2.96. The fraction of sp³-hybridized carbons (Fsp3) is 0.600. The van der Waals surface area contributed by atoms with E-state index in [1.54, 1.807) is 30.3 Å². The van der Waals surface area contributed by atoms with Crippen LogP contribution >= 0.6 is 0 Å². The van der Waals surface area contributed by atoms with Gasteiger partial charge in [-0.1, -0.05) is 0 Å². The SMILES string of the molecule is CC(=O)N1CCN(C(=O)N2CCN(c3ncccn3)CC2)CC1. The highest BCUT2D eigenvalue weighted by Crippen LogP contribution is 2.12. The Bertz CT molecular complexity index is 550. The number of aromatic nitrogens is 2. The third-order valence-electron chi connectivity index (χ3n) is 4.38. The summed E-state index contributed by atoms with van der Waals surface area (Å²) in [6, 6.07) is 1.87. The van der Waals surface area contributed by atoms with Gasteiger partial charge >= 0.3 is 6.03 Å². The molecule has 2 saturated heterocycles. The zero-order valence-electron chi connectivity index (χ0n) is 13.4. The van der Waals surface area contributed by atoms with E-state index in [0.717, 1.165) is 19.0 Å².